The van der Waals surface area contributed by atoms with Gasteiger partial charge in [-0.25, -0.2) is 0 Å². The van der Waals surface area contributed by atoms with E-state index in [1.54, 1.807) is 0 Å². The minimum absolute atomic E-state index is 0.568. The van der Waals surface area contributed by atoms with Crippen LogP contribution in [-0.2, 0) is 0 Å². The Bertz CT molecular complexity index is 3490. The summed E-state index contributed by atoms with van der Waals surface area (Å²) >= 11 is 0. The molecule has 0 aliphatic heterocycles. The van der Waals surface area contributed by atoms with E-state index in [0.29, 0.717) is 16.7 Å². The first-order valence-electron chi connectivity index (χ1n) is 18.7. The molecule has 0 saturated carbocycles. The van der Waals surface area contributed by atoms with Gasteiger partial charge in [-0.15, -0.1) is 0 Å². The van der Waals surface area contributed by atoms with E-state index in [-0.39, 0.29) is 0 Å². The molecule has 0 aliphatic carbocycles. The van der Waals surface area contributed by atoms with Gasteiger partial charge < -0.3 is 13.7 Å². The number of nitriles is 3. The minimum atomic E-state index is 0.568. The number of hydrogen-bond donors (Lipinski definition) is 0. The fourth-order valence-corrected chi connectivity index (χ4v) is 8.85. The molecule has 57 heavy (non-hydrogen) atoms. The Balaban J connectivity index is 1.12. The van der Waals surface area contributed by atoms with Crippen molar-refractivity contribution in [2.45, 2.75) is 0 Å². The maximum atomic E-state index is 10.2. The third-order valence-corrected chi connectivity index (χ3v) is 11.3. The minimum Gasteiger partial charge on any atom is -0.309 e. The fourth-order valence-electron chi connectivity index (χ4n) is 8.85. The van der Waals surface area contributed by atoms with Crippen LogP contribution in [0.1, 0.15) is 16.7 Å². The highest BCUT2D eigenvalue weighted by Crippen LogP contribution is 2.41. The van der Waals surface area contributed by atoms with Gasteiger partial charge >= 0.3 is 0 Å². The van der Waals surface area contributed by atoms with Gasteiger partial charge in [0, 0.05) is 43.7 Å². The lowest BCUT2D eigenvalue weighted by molar-refractivity contribution is 1.13. The third kappa shape index (κ3) is 4.74. The number of hydrogen-bond acceptors (Lipinski definition) is 3. The molecule has 3 heterocycles. The molecule has 0 unspecified atom stereocenters. The molecular formula is C51H28N6. The van der Waals surface area contributed by atoms with Gasteiger partial charge in [-0.05, 0) is 102 Å². The molecule has 8 aromatic carbocycles. The van der Waals surface area contributed by atoms with Crippen LogP contribution in [0.2, 0.25) is 0 Å². The summed E-state index contributed by atoms with van der Waals surface area (Å²) in [4.78, 5) is 0. The van der Waals surface area contributed by atoms with Crippen LogP contribution >= 0.6 is 0 Å². The van der Waals surface area contributed by atoms with Crippen LogP contribution in [0.3, 0.4) is 0 Å². The third-order valence-electron chi connectivity index (χ3n) is 11.3. The number of fused-ring (bicyclic) bond motifs is 9. The maximum absolute atomic E-state index is 10.2. The van der Waals surface area contributed by atoms with Crippen LogP contribution in [0.25, 0.3) is 93.6 Å². The van der Waals surface area contributed by atoms with Crippen molar-refractivity contribution in [2.24, 2.45) is 0 Å². The van der Waals surface area contributed by atoms with Crippen molar-refractivity contribution < 1.29 is 0 Å². The van der Waals surface area contributed by atoms with Gasteiger partial charge in [0.05, 0.1) is 73.7 Å². The summed E-state index contributed by atoms with van der Waals surface area (Å²) in [6, 6.07) is 64.9. The second-order valence-electron chi connectivity index (χ2n) is 14.3. The molecule has 0 fully saturated rings. The van der Waals surface area contributed by atoms with Crippen LogP contribution < -0.4 is 0 Å². The van der Waals surface area contributed by atoms with Crippen LogP contribution in [0.15, 0.2) is 170 Å². The highest BCUT2D eigenvalue weighted by atomic mass is 15.1. The molecule has 0 spiro atoms. The molecule has 0 N–H and O–H groups in total. The number of benzene rings is 8. The molecule has 0 atom stereocenters. The second kappa shape index (κ2) is 12.3. The molecule has 6 heteroatoms. The van der Waals surface area contributed by atoms with Gasteiger partial charge in [-0.2, -0.15) is 15.8 Å². The Kier molecular flexibility index (Phi) is 6.95. The molecule has 0 radical (unpaired) electrons. The molecule has 0 aliphatic rings. The molecule has 0 bridgehead atoms. The highest BCUT2D eigenvalue weighted by Gasteiger charge is 2.21. The maximum Gasteiger partial charge on any atom is 0.0992 e. The average Bonchev–Trinajstić information content (AvgIpc) is 3.91. The first-order valence-corrected chi connectivity index (χ1v) is 18.7. The molecule has 11 rings (SSSR count). The summed E-state index contributed by atoms with van der Waals surface area (Å²) < 4.78 is 6.83. The first kappa shape index (κ1) is 32.1. The SMILES string of the molecule is N#Cc1cc(-c2ccc(-n3c4ccccc4c4cccc(-n5c6ccc(C#N)cc6c6cc(C#N)ccc65)c43)cc2)cc(-n2c3ccccc3c3ccccc32)c1. The molecule has 3 aromatic heterocycles. The van der Waals surface area contributed by atoms with Crippen molar-refractivity contribution in [1.29, 1.82) is 15.8 Å². The van der Waals surface area contributed by atoms with E-state index in [4.69, 9.17) is 0 Å². The monoisotopic (exact) mass is 724 g/mol. The summed E-state index contributed by atoms with van der Waals surface area (Å²) in [5, 5.41) is 36.3. The van der Waals surface area contributed by atoms with Crippen molar-refractivity contribution in [3.63, 3.8) is 0 Å². The Morgan fingerprint density at radius 2 is 0.825 bits per heavy atom. The second-order valence-corrected chi connectivity index (χ2v) is 14.3. The van der Waals surface area contributed by atoms with Gasteiger partial charge in [-0.1, -0.05) is 78.9 Å². The lowest BCUT2D eigenvalue weighted by Gasteiger charge is -2.15. The topological polar surface area (TPSA) is 86.2 Å². The lowest BCUT2D eigenvalue weighted by atomic mass is 10.0. The normalized spacial score (nSPS) is 11.5. The van der Waals surface area contributed by atoms with Gasteiger partial charge in [0.15, 0.2) is 0 Å². The molecule has 6 nitrogen and oxygen atoms in total. The van der Waals surface area contributed by atoms with Crippen LogP contribution in [0.5, 0.6) is 0 Å². The van der Waals surface area contributed by atoms with Crippen molar-refractivity contribution in [3.8, 4) is 46.4 Å². The summed E-state index contributed by atoms with van der Waals surface area (Å²) in [7, 11) is 0. The predicted octanol–water partition coefficient (Wildman–Crippen LogP) is 12.3. The van der Waals surface area contributed by atoms with E-state index in [1.165, 1.54) is 10.8 Å². The Hall–Kier alpha value is -8.37. The number of nitrogens with zero attached hydrogens (tertiary/aromatic N) is 6. The molecule has 11 aromatic rings. The summed E-state index contributed by atoms with van der Waals surface area (Å²) in [6.07, 6.45) is 0. The van der Waals surface area contributed by atoms with Crippen LogP contribution in [0, 0.1) is 34.0 Å². The zero-order valence-electron chi connectivity index (χ0n) is 30.3. The van der Waals surface area contributed by atoms with Gasteiger partial charge in [0.1, 0.15) is 0 Å². The Morgan fingerprint density at radius 1 is 0.316 bits per heavy atom. The molecule has 0 amide bonds. The average molecular weight is 725 g/mol. The molecule has 0 saturated heterocycles. The van der Waals surface area contributed by atoms with E-state index in [2.05, 4.69) is 153 Å². The van der Waals surface area contributed by atoms with Crippen LogP contribution in [0.4, 0.5) is 0 Å². The summed E-state index contributed by atoms with van der Waals surface area (Å²) in [5.74, 6) is 0. The number of rotatable bonds is 4. The van der Waals surface area contributed by atoms with E-state index < -0.39 is 0 Å². The summed E-state index contributed by atoms with van der Waals surface area (Å²) in [5.41, 5.74) is 12.8. The quantitative estimate of drug-likeness (QED) is 0.181. The highest BCUT2D eigenvalue weighted by molar-refractivity contribution is 6.15. The van der Waals surface area contributed by atoms with Crippen molar-refractivity contribution in [3.05, 3.63) is 187 Å². The van der Waals surface area contributed by atoms with Crippen molar-refractivity contribution in [1.82, 2.24) is 13.7 Å². The van der Waals surface area contributed by atoms with Gasteiger partial charge in [0.25, 0.3) is 0 Å². The van der Waals surface area contributed by atoms with Gasteiger partial charge in [-0.3, -0.25) is 0 Å². The molecule has 262 valence electrons. The molecular weight excluding hydrogens is 697 g/mol. The fraction of sp³-hybridized carbons (Fsp3) is 0. The van der Waals surface area contributed by atoms with Crippen LogP contribution in [-0.4, -0.2) is 13.7 Å². The zero-order valence-corrected chi connectivity index (χ0v) is 30.3. The Morgan fingerprint density at radius 3 is 1.40 bits per heavy atom. The van der Waals surface area contributed by atoms with Gasteiger partial charge in [0.2, 0.25) is 0 Å². The van der Waals surface area contributed by atoms with E-state index in [1.807, 2.05) is 48.5 Å². The lowest BCUT2D eigenvalue weighted by Crippen LogP contribution is -2.01. The largest absolute Gasteiger partial charge is 0.309 e. The van der Waals surface area contributed by atoms with E-state index in [0.717, 1.165) is 82.8 Å². The smallest absolute Gasteiger partial charge is 0.0992 e. The zero-order chi connectivity index (χ0) is 38.2. The van der Waals surface area contributed by atoms with E-state index in [9.17, 15) is 15.8 Å². The standard InChI is InChI=1S/C51H28N6/c52-29-32-16-22-48-43(26-32)44-27-33(30-53)17-23-49(44)57(48)50-15-7-11-42-41-10-3-6-14-47(41)56(51(42)50)37-20-18-35(19-21-37)36-24-34(31-54)25-38(28-36)55-45-12-4-1-8-39(45)40-9-2-5-13-46(40)55/h1-28H. The number of aromatic nitrogens is 3. The van der Waals surface area contributed by atoms with Crippen molar-refractivity contribution in [2.75, 3.05) is 0 Å². The summed E-state index contributed by atoms with van der Waals surface area (Å²) in [6.45, 7) is 0. The number of para-hydroxylation sites is 4. The first-order chi connectivity index (χ1) is 28.1. The van der Waals surface area contributed by atoms with Crippen molar-refractivity contribution >= 4 is 65.4 Å². The van der Waals surface area contributed by atoms with E-state index >= 15 is 0 Å². The Labute approximate surface area is 326 Å². The predicted molar refractivity (Wildman–Crippen MR) is 229 cm³/mol.